The molecule has 0 rings (SSSR count). The zero-order valence-corrected chi connectivity index (χ0v) is 9.52. The Kier molecular flexibility index (Phi) is 5.04. The Morgan fingerprint density at radius 3 is 2.31 bits per heavy atom. The molecule has 2 heteroatoms. The van der Waals surface area contributed by atoms with Crippen LogP contribution in [-0.4, -0.2) is 12.1 Å². The molecule has 0 amide bonds. The Balaban J connectivity index is 4.03. The summed E-state index contributed by atoms with van der Waals surface area (Å²) in [6, 6.07) is 0. The molecule has 0 unspecified atom stereocenters. The molecule has 0 N–H and O–H groups in total. The lowest BCUT2D eigenvalue weighted by Gasteiger charge is -2.23. The third kappa shape index (κ3) is 4.91. The van der Waals surface area contributed by atoms with E-state index in [1.807, 2.05) is 27.7 Å². The van der Waals surface area contributed by atoms with Crippen molar-refractivity contribution >= 4 is 5.97 Å². The number of hydrogen-bond acceptors (Lipinski definition) is 2. The van der Waals surface area contributed by atoms with Crippen molar-refractivity contribution in [2.75, 3.05) is 0 Å². The Morgan fingerprint density at radius 2 is 1.92 bits per heavy atom. The first-order valence-electron chi connectivity index (χ1n) is 5.11. The summed E-state index contributed by atoms with van der Waals surface area (Å²) < 4.78 is 5.17. The van der Waals surface area contributed by atoms with Gasteiger partial charge in [0.25, 0.3) is 0 Å². The molecule has 0 aromatic heterocycles. The van der Waals surface area contributed by atoms with Crippen molar-refractivity contribution in [3.63, 3.8) is 0 Å². The number of hydrogen-bond donors (Lipinski definition) is 0. The van der Waals surface area contributed by atoms with Gasteiger partial charge in [-0.15, -0.1) is 0 Å². The molecule has 0 aliphatic rings. The van der Waals surface area contributed by atoms with Crippen molar-refractivity contribution in [2.45, 2.75) is 60.0 Å². The van der Waals surface area contributed by atoms with Gasteiger partial charge in [-0.25, -0.2) is 0 Å². The van der Waals surface area contributed by atoms with Crippen molar-refractivity contribution in [1.29, 1.82) is 0 Å². The van der Waals surface area contributed by atoms with Crippen LogP contribution >= 0.6 is 0 Å². The summed E-state index contributed by atoms with van der Waals surface area (Å²) in [6.07, 6.45) is 3.11. The van der Waals surface area contributed by atoms with E-state index in [4.69, 9.17) is 4.74 Å². The van der Waals surface area contributed by atoms with Gasteiger partial charge >= 0.3 is 5.97 Å². The number of ether oxygens (including phenoxy) is 1. The molecular weight excluding hydrogens is 164 g/mol. The molecule has 0 fully saturated rings. The van der Waals surface area contributed by atoms with Gasteiger partial charge in [0, 0.05) is 0 Å². The van der Waals surface area contributed by atoms with E-state index in [0.717, 1.165) is 19.3 Å². The van der Waals surface area contributed by atoms with Crippen LogP contribution in [0.2, 0.25) is 0 Å². The average molecular weight is 186 g/mol. The van der Waals surface area contributed by atoms with E-state index in [1.165, 1.54) is 0 Å². The second kappa shape index (κ2) is 5.25. The Hall–Kier alpha value is -0.530. The third-order valence-electron chi connectivity index (χ3n) is 2.05. The molecule has 0 saturated carbocycles. The van der Waals surface area contributed by atoms with E-state index in [1.54, 1.807) is 0 Å². The number of carbonyl (C=O) groups excluding carboxylic acids is 1. The van der Waals surface area contributed by atoms with Crippen LogP contribution in [0, 0.1) is 5.41 Å². The molecule has 0 aromatic rings. The molecule has 0 bridgehead atoms. The van der Waals surface area contributed by atoms with Crippen molar-refractivity contribution in [3.05, 3.63) is 0 Å². The molecule has 0 saturated heterocycles. The lowest BCUT2D eigenvalue weighted by atomic mass is 9.87. The minimum atomic E-state index is -0.319. The first kappa shape index (κ1) is 12.5. The van der Waals surface area contributed by atoms with Crippen molar-refractivity contribution in [3.8, 4) is 0 Å². The summed E-state index contributed by atoms with van der Waals surface area (Å²) >= 11 is 0. The molecule has 0 aliphatic heterocycles. The number of unbranched alkanes of at least 4 members (excludes halogenated alkanes) is 1. The second-order valence-electron chi connectivity index (χ2n) is 4.44. The highest BCUT2D eigenvalue weighted by atomic mass is 16.5. The minimum Gasteiger partial charge on any atom is -0.463 e. The maximum absolute atomic E-state index is 11.6. The lowest BCUT2D eigenvalue weighted by molar-refractivity contribution is -0.158. The van der Waals surface area contributed by atoms with Crippen LogP contribution in [0.4, 0.5) is 0 Å². The molecule has 0 aliphatic carbocycles. The first-order chi connectivity index (χ1) is 5.90. The smallest absolute Gasteiger partial charge is 0.311 e. The Bertz CT molecular complexity index is 159. The van der Waals surface area contributed by atoms with Crippen LogP contribution in [0.3, 0.4) is 0 Å². The van der Waals surface area contributed by atoms with E-state index in [0.29, 0.717) is 0 Å². The highest BCUT2D eigenvalue weighted by molar-refractivity contribution is 5.75. The van der Waals surface area contributed by atoms with Crippen LogP contribution in [0.1, 0.15) is 53.9 Å². The van der Waals surface area contributed by atoms with E-state index >= 15 is 0 Å². The van der Waals surface area contributed by atoms with Gasteiger partial charge in [-0.2, -0.15) is 0 Å². The van der Waals surface area contributed by atoms with Gasteiger partial charge in [0.1, 0.15) is 0 Å². The second-order valence-corrected chi connectivity index (χ2v) is 4.44. The largest absolute Gasteiger partial charge is 0.463 e. The van der Waals surface area contributed by atoms with Crippen molar-refractivity contribution in [1.82, 2.24) is 0 Å². The Morgan fingerprint density at radius 1 is 1.38 bits per heavy atom. The zero-order valence-electron chi connectivity index (χ0n) is 9.52. The topological polar surface area (TPSA) is 26.3 Å². The number of esters is 1. The van der Waals surface area contributed by atoms with Crippen LogP contribution in [-0.2, 0) is 9.53 Å². The summed E-state index contributed by atoms with van der Waals surface area (Å²) in [6.45, 7) is 9.80. The van der Waals surface area contributed by atoms with Crippen LogP contribution in [0.25, 0.3) is 0 Å². The number of carbonyl (C=O) groups is 1. The van der Waals surface area contributed by atoms with Gasteiger partial charge in [-0.1, -0.05) is 19.8 Å². The van der Waals surface area contributed by atoms with Crippen molar-refractivity contribution < 1.29 is 9.53 Å². The monoisotopic (exact) mass is 186 g/mol. The highest BCUT2D eigenvalue weighted by Gasteiger charge is 2.28. The molecule has 0 heterocycles. The van der Waals surface area contributed by atoms with Crippen molar-refractivity contribution in [2.24, 2.45) is 5.41 Å². The third-order valence-corrected chi connectivity index (χ3v) is 2.05. The molecule has 13 heavy (non-hydrogen) atoms. The van der Waals surface area contributed by atoms with Crippen LogP contribution in [0.5, 0.6) is 0 Å². The molecule has 0 radical (unpaired) electrons. The lowest BCUT2D eigenvalue weighted by Crippen LogP contribution is -2.28. The van der Waals surface area contributed by atoms with Gasteiger partial charge in [-0.3, -0.25) is 4.79 Å². The predicted octanol–water partition coefficient (Wildman–Crippen LogP) is 3.15. The van der Waals surface area contributed by atoms with Gasteiger partial charge in [0.05, 0.1) is 11.5 Å². The minimum absolute atomic E-state index is 0.00611. The molecule has 0 spiro atoms. The average Bonchev–Trinajstić information content (AvgIpc) is 1.99. The fourth-order valence-electron chi connectivity index (χ4n) is 1.09. The Labute approximate surface area is 81.7 Å². The van der Waals surface area contributed by atoms with Gasteiger partial charge < -0.3 is 4.74 Å². The first-order valence-corrected chi connectivity index (χ1v) is 5.11. The van der Waals surface area contributed by atoms with Gasteiger partial charge in [-0.05, 0) is 34.1 Å². The fraction of sp³-hybridized carbons (Fsp3) is 0.909. The zero-order chi connectivity index (χ0) is 10.5. The van der Waals surface area contributed by atoms with E-state index in [-0.39, 0.29) is 17.5 Å². The molecule has 0 atom stereocenters. The molecule has 2 nitrogen and oxygen atoms in total. The highest BCUT2D eigenvalue weighted by Crippen LogP contribution is 2.25. The van der Waals surface area contributed by atoms with Gasteiger partial charge in [0.15, 0.2) is 0 Å². The van der Waals surface area contributed by atoms with Crippen LogP contribution < -0.4 is 0 Å². The van der Waals surface area contributed by atoms with E-state index < -0.39 is 0 Å². The van der Waals surface area contributed by atoms with Crippen LogP contribution in [0.15, 0.2) is 0 Å². The quantitative estimate of drug-likeness (QED) is 0.616. The summed E-state index contributed by atoms with van der Waals surface area (Å²) in [7, 11) is 0. The predicted molar refractivity (Wildman–Crippen MR) is 54.5 cm³/mol. The molecule has 0 aromatic carbocycles. The normalized spacial score (nSPS) is 11.8. The standard InChI is InChI=1S/C11H22O2/c1-6-7-8-11(4,5)10(12)13-9(2)3/h9H,6-8H2,1-5H3. The summed E-state index contributed by atoms with van der Waals surface area (Å²) in [5.41, 5.74) is -0.319. The summed E-state index contributed by atoms with van der Waals surface area (Å²) in [5, 5.41) is 0. The fourth-order valence-corrected chi connectivity index (χ4v) is 1.09. The maximum Gasteiger partial charge on any atom is 0.311 e. The molecule has 78 valence electrons. The summed E-state index contributed by atoms with van der Waals surface area (Å²) in [5.74, 6) is -0.0732. The van der Waals surface area contributed by atoms with E-state index in [9.17, 15) is 4.79 Å². The van der Waals surface area contributed by atoms with Gasteiger partial charge in [0.2, 0.25) is 0 Å². The maximum atomic E-state index is 11.6. The number of rotatable bonds is 5. The van der Waals surface area contributed by atoms with E-state index in [2.05, 4.69) is 6.92 Å². The molecular formula is C11H22O2. The SMILES string of the molecule is CCCCC(C)(C)C(=O)OC(C)C. The summed E-state index contributed by atoms with van der Waals surface area (Å²) in [4.78, 5) is 11.6.